The second-order valence-electron chi connectivity index (χ2n) is 3.04. The molecular weight excluding hydrogens is 171 g/mol. The van der Waals surface area contributed by atoms with E-state index in [-0.39, 0.29) is 12.3 Å². The number of halogens is 1. The Balaban J connectivity index is 2.42. The monoisotopic (exact) mass is 180 g/mol. The second-order valence-corrected chi connectivity index (χ2v) is 3.04. The lowest BCUT2D eigenvalue weighted by atomic mass is 9.94. The van der Waals surface area contributed by atoms with E-state index in [1.807, 2.05) is 6.07 Å². The molecule has 2 atom stereocenters. The molecule has 2 nitrogen and oxygen atoms in total. The van der Waals surface area contributed by atoms with Crippen LogP contribution >= 0.6 is 0 Å². The maximum absolute atomic E-state index is 12.9. The molecular formula is C10H9FO2. The molecule has 1 heterocycles. The minimum atomic E-state index is -1.36. The highest BCUT2D eigenvalue weighted by Crippen LogP contribution is 2.34. The highest BCUT2D eigenvalue weighted by molar-refractivity contribution is 5.65. The molecule has 1 aliphatic rings. The quantitative estimate of drug-likeness (QED) is 0.618. The van der Waals surface area contributed by atoms with Gasteiger partial charge in [-0.05, 0) is 6.07 Å². The number of alkyl halides is 1. The predicted molar refractivity (Wildman–Crippen MR) is 45.4 cm³/mol. The van der Waals surface area contributed by atoms with Crippen LogP contribution in [0.25, 0.3) is 0 Å². The van der Waals surface area contributed by atoms with Gasteiger partial charge in [0.15, 0.2) is 0 Å². The van der Waals surface area contributed by atoms with Crippen LogP contribution in [-0.2, 0) is 4.79 Å². The maximum atomic E-state index is 12.9. The molecule has 0 spiro atoms. The van der Waals surface area contributed by atoms with E-state index in [2.05, 4.69) is 0 Å². The lowest BCUT2D eigenvalue weighted by Crippen LogP contribution is -2.22. The number of carbonyl (C=O) groups is 1. The summed E-state index contributed by atoms with van der Waals surface area (Å²) in [5, 5.41) is 0. The minimum Gasteiger partial charge on any atom is -0.460 e. The van der Waals surface area contributed by atoms with Crippen molar-refractivity contribution in [2.45, 2.75) is 18.7 Å². The Morgan fingerprint density at radius 1 is 1.46 bits per heavy atom. The number of benzene rings is 1. The van der Waals surface area contributed by atoms with Gasteiger partial charge < -0.3 is 9.53 Å². The van der Waals surface area contributed by atoms with Crippen LogP contribution in [0.4, 0.5) is 4.39 Å². The summed E-state index contributed by atoms with van der Waals surface area (Å²) in [4.78, 5) is 10.6. The Labute approximate surface area is 75.3 Å². The van der Waals surface area contributed by atoms with E-state index in [4.69, 9.17) is 4.74 Å². The molecule has 0 radical (unpaired) electrons. The molecule has 1 aromatic carbocycles. The van der Waals surface area contributed by atoms with Crippen molar-refractivity contribution in [3.05, 3.63) is 29.8 Å². The number of carbonyl (C=O) groups excluding carboxylic acids is 1. The fourth-order valence-electron chi connectivity index (χ4n) is 1.54. The molecule has 2 unspecified atom stereocenters. The molecule has 0 aliphatic carbocycles. The molecule has 2 rings (SSSR count). The zero-order valence-electron chi connectivity index (χ0n) is 6.94. The number of ether oxygens (including phenoxy) is 1. The summed E-state index contributed by atoms with van der Waals surface area (Å²) < 4.78 is 17.9. The van der Waals surface area contributed by atoms with Crippen molar-refractivity contribution in [3.63, 3.8) is 0 Å². The first-order valence-corrected chi connectivity index (χ1v) is 4.16. The fraction of sp³-hybridized carbons (Fsp3) is 0.300. The first-order valence-electron chi connectivity index (χ1n) is 4.16. The van der Waals surface area contributed by atoms with Gasteiger partial charge in [0.2, 0.25) is 6.36 Å². The van der Waals surface area contributed by atoms with E-state index in [0.29, 0.717) is 5.75 Å². The van der Waals surface area contributed by atoms with Crippen molar-refractivity contribution in [1.29, 1.82) is 0 Å². The normalized spacial score (nSPS) is 25.9. The van der Waals surface area contributed by atoms with Crippen molar-refractivity contribution in [3.8, 4) is 5.75 Å². The molecule has 0 amide bonds. The van der Waals surface area contributed by atoms with Gasteiger partial charge in [-0.3, -0.25) is 0 Å². The van der Waals surface area contributed by atoms with Crippen molar-refractivity contribution in [2.24, 2.45) is 0 Å². The maximum Gasteiger partial charge on any atom is 0.239 e. The molecule has 1 aliphatic heterocycles. The van der Waals surface area contributed by atoms with Gasteiger partial charge in [0, 0.05) is 17.9 Å². The number of aldehydes is 1. The average molecular weight is 180 g/mol. The Kier molecular flexibility index (Phi) is 2.00. The van der Waals surface area contributed by atoms with E-state index < -0.39 is 6.36 Å². The van der Waals surface area contributed by atoms with Gasteiger partial charge in [-0.25, -0.2) is 4.39 Å². The number of para-hydroxylation sites is 1. The first-order chi connectivity index (χ1) is 6.31. The summed E-state index contributed by atoms with van der Waals surface area (Å²) in [6.45, 7) is 0. The van der Waals surface area contributed by atoms with E-state index in [0.717, 1.165) is 11.8 Å². The van der Waals surface area contributed by atoms with Gasteiger partial charge in [0.1, 0.15) is 12.0 Å². The lowest BCUT2D eigenvalue weighted by molar-refractivity contribution is -0.111. The van der Waals surface area contributed by atoms with Crippen LogP contribution in [0.3, 0.4) is 0 Å². The second kappa shape index (κ2) is 3.17. The third-order valence-electron chi connectivity index (χ3n) is 2.18. The Hall–Kier alpha value is -1.38. The van der Waals surface area contributed by atoms with Crippen molar-refractivity contribution < 1.29 is 13.9 Å². The molecule has 68 valence electrons. The smallest absolute Gasteiger partial charge is 0.239 e. The third-order valence-corrected chi connectivity index (χ3v) is 2.18. The summed E-state index contributed by atoms with van der Waals surface area (Å²) in [7, 11) is 0. The van der Waals surface area contributed by atoms with Gasteiger partial charge in [-0.2, -0.15) is 0 Å². The molecule has 3 heteroatoms. The van der Waals surface area contributed by atoms with Crippen LogP contribution in [0.15, 0.2) is 24.3 Å². The zero-order valence-corrected chi connectivity index (χ0v) is 6.94. The van der Waals surface area contributed by atoms with E-state index >= 15 is 0 Å². The van der Waals surface area contributed by atoms with Crippen molar-refractivity contribution in [2.75, 3.05) is 0 Å². The van der Waals surface area contributed by atoms with Crippen LogP contribution in [-0.4, -0.2) is 12.6 Å². The number of rotatable bonds is 1. The summed E-state index contributed by atoms with van der Waals surface area (Å²) in [5.74, 6) is 0.123. The van der Waals surface area contributed by atoms with Crippen molar-refractivity contribution in [1.82, 2.24) is 0 Å². The molecule has 0 N–H and O–H groups in total. The van der Waals surface area contributed by atoms with Crippen LogP contribution < -0.4 is 4.74 Å². The largest absolute Gasteiger partial charge is 0.460 e. The van der Waals surface area contributed by atoms with Crippen LogP contribution in [0, 0.1) is 0 Å². The van der Waals surface area contributed by atoms with E-state index in [1.54, 1.807) is 18.2 Å². The van der Waals surface area contributed by atoms with E-state index in [9.17, 15) is 9.18 Å². The van der Waals surface area contributed by atoms with Gasteiger partial charge in [-0.15, -0.1) is 0 Å². The molecule has 0 aromatic heterocycles. The fourth-order valence-corrected chi connectivity index (χ4v) is 1.54. The van der Waals surface area contributed by atoms with Gasteiger partial charge >= 0.3 is 0 Å². The summed E-state index contributed by atoms with van der Waals surface area (Å²) in [6, 6.07) is 7.05. The molecule has 0 saturated heterocycles. The lowest BCUT2D eigenvalue weighted by Gasteiger charge is -2.24. The van der Waals surface area contributed by atoms with Gasteiger partial charge in [-0.1, -0.05) is 18.2 Å². The Bertz CT molecular complexity index is 324. The van der Waals surface area contributed by atoms with E-state index in [1.165, 1.54) is 0 Å². The SMILES string of the molecule is O=CC1CC(F)Oc2ccccc21. The number of fused-ring (bicyclic) bond motifs is 1. The van der Waals surface area contributed by atoms with Gasteiger partial charge in [0.25, 0.3) is 0 Å². The number of hydrogen-bond donors (Lipinski definition) is 0. The predicted octanol–water partition coefficient (Wildman–Crippen LogP) is 2.05. The molecule has 0 fully saturated rings. The third kappa shape index (κ3) is 1.41. The highest BCUT2D eigenvalue weighted by Gasteiger charge is 2.26. The molecule has 0 saturated carbocycles. The average Bonchev–Trinajstić information content (AvgIpc) is 2.16. The number of hydrogen-bond acceptors (Lipinski definition) is 2. The van der Waals surface area contributed by atoms with Crippen LogP contribution in [0.5, 0.6) is 5.75 Å². The summed E-state index contributed by atoms with van der Waals surface area (Å²) >= 11 is 0. The first kappa shape index (κ1) is 8.23. The summed E-state index contributed by atoms with van der Waals surface area (Å²) in [6.07, 6.45) is -0.459. The zero-order chi connectivity index (χ0) is 9.26. The molecule has 0 bridgehead atoms. The summed E-state index contributed by atoms with van der Waals surface area (Å²) in [5.41, 5.74) is 0.784. The van der Waals surface area contributed by atoms with Crippen LogP contribution in [0.2, 0.25) is 0 Å². The topological polar surface area (TPSA) is 26.3 Å². The minimum absolute atomic E-state index is 0.126. The van der Waals surface area contributed by atoms with Gasteiger partial charge in [0.05, 0.1) is 0 Å². The Morgan fingerprint density at radius 3 is 3.00 bits per heavy atom. The molecule has 1 aromatic rings. The van der Waals surface area contributed by atoms with Crippen molar-refractivity contribution >= 4 is 6.29 Å². The molecule has 13 heavy (non-hydrogen) atoms. The van der Waals surface area contributed by atoms with Crippen LogP contribution in [0.1, 0.15) is 17.9 Å². The highest BCUT2D eigenvalue weighted by atomic mass is 19.1. The standard InChI is InChI=1S/C10H9FO2/c11-10-5-7(6-12)8-3-1-2-4-9(8)13-10/h1-4,6-7,10H,5H2. The Morgan fingerprint density at radius 2 is 2.23 bits per heavy atom.